The van der Waals surface area contributed by atoms with Gasteiger partial charge in [0.25, 0.3) is 0 Å². The standard InChI is InChI=1S/C11H21NO3/c1-4-7-12(8-9-13)10(5-2)11(14)15-6-3/h4,10,13H,1,5-9H2,2-3H3. The lowest BCUT2D eigenvalue weighted by Gasteiger charge is -2.27. The molecule has 0 aliphatic rings. The van der Waals surface area contributed by atoms with Crippen LogP contribution in [-0.2, 0) is 9.53 Å². The van der Waals surface area contributed by atoms with Crippen LogP contribution < -0.4 is 0 Å². The summed E-state index contributed by atoms with van der Waals surface area (Å²) in [6, 6.07) is -0.282. The fraction of sp³-hybridized carbons (Fsp3) is 0.727. The molecular formula is C11H21NO3. The van der Waals surface area contributed by atoms with Gasteiger partial charge in [0.1, 0.15) is 6.04 Å². The largest absolute Gasteiger partial charge is 0.465 e. The van der Waals surface area contributed by atoms with E-state index >= 15 is 0 Å². The van der Waals surface area contributed by atoms with Crippen LogP contribution in [0.25, 0.3) is 0 Å². The Hall–Kier alpha value is -0.870. The molecule has 0 heterocycles. The van der Waals surface area contributed by atoms with Gasteiger partial charge in [-0.3, -0.25) is 9.69 Å². The van der Waals surface area contributed by atoms with E-state index in [0.717, 1.165) is 0 Å². The van der Waals surface area contributed by atoms with Crippen molar-refractivity contribution in [1.29, 1.82) is 0 Å². The molecule has 0 rings (SSSR count). The molecule has 1 unspecified atom stereocenters. The summed E-state index contributed by atoms with van der Waals surface area (Å²) in [5.74, 6) is -0.227. The molecule has 0 aromatic heterocycles. The van der Waals surface area contributed by atoms with Gasteiger partial charge >= 0.3 is 5.97 Å². The topological polar surface area (TPSA) is 49.8 Å². The van der Waals surface area contributed by atoms with Gasteiger partial charge in [0.05, 0.1) is 13.2 Å². The van der Waals surface area contributed by atoms with Crippen molar-refractivity contribution in [1.82, 2.24) is 4.90 Å². The van der Waals surface area contributed by atoms with Crippen molar-refractivity contribution >= 4 is 5.97 Å². The molecule has 1 atom stereocenters. The van der Waals surface area contributed by atoms with Crippen molar-refractivity contribution in [2.75, 3.05) is 26.3 Å². The Morgan fingerprint density at radius 2 is 2.27 bits per heavy atom. The number of rotatable bonds is 8. The lowest BCUT2D eigenvalue weighted by atomic mass is 10.2. The summed E-state index contributed by atoms with van der Waals surface area (Å²) in [5, 5.41) is 8.89. The SMILES string of the molecule is C=CCN(CCO)C(CC)C(=O)OCC. The Kier molecular flexibility index (Phi) is 7.95. The third-order valence-corrected chi connectivity index (χ3v) is 2.14. The maximum absolute atomic E-state index is 11.6. The molecular weight excluding hydrogens is 194 g/mol. The van der Waals surface area contributed by atoms with Gasteiger partial charge in [-0.15, -0.1) is 6.58 Å². The molecule has 0 saturated heterocycles. The van der Waals surface area contributed by atoms with E-state index in [1.807, 2.05) is 11.8 Å². The van der Waals surface area contributed by atoms with E-state index in [2.05, 4.69) is 6.58 Å². The zero-order chi connectivity index (χ0) is 11.7. The number of nitrogens with zero attached hydrogens (tertiary/aromatic N) is 1. The van der Waals surface area contributed by atoms with Gasteiger partial charge in [0.2, 0.25) is 0 Å². The van der Waals surface area contributed by atoms with E-state index < -0.39 is 0 Å². The van der Waals surface area contributed by atoms with Crippen LogP contribution in [0, 0.1) is 0 Å². The van der Waals surface area contributed by atoms with Crippen molar-refractivity contribution < 1.29 is 14.6 Å². The van der Waals surface area contributed by atoms with Gasteiger partial charge in [-0.2, -0.15) is 0 Å². The molecule has 0 saturated carbocycles. The third kappa shape index (κ3) is 4.95. The van der Waals surface area contributed by atoms with Crippen LogP contribution in [0.1, 0.15) is 20.3 Å². The van der Waals surface area contributed by atoms with Gasteiger partial charge < -0.3 is 9.84 Å². The summed E-state index contributed by atoms with van der Waals surface area (Å²) in [4.78, 5) is 13.5. The summed E-state index contributed by atoms with van der Waals surface area (Å²) >= 11 is 0. The van der Waals surface area contributed by atoms with Crippen molar-refractivity contribution in [2.45, 2.75) is 26.3 Å². The fourth-order valence-corrected chi connectivity index (χ4v) is 1.48. The molecule has 15 heavy (non-hydrogen) atoms. The third-order valence-electron chi connectivity index (χ3n) is 2.14. The second-order valence-corrected chi connectivity index (χ2v) is 3.18. The Labute approximate surface area is 91.5 Å². The summed E-state index contributed by atoms with van der Waals surface area (Å²) < 4.78 is 4.97. The first-order chi connectivity index (χ1) is 7.21. The molecule has 0 radical (unpaired) electrons. The van der Waals surface area contributed by atoms with Crippen LogP contribution in [0.15, 0.2) is 12.7 Å². The van der Waals surface area contributed by atoms with E-state index in [1.165, 1.54) is 0 Å². The first kappa shape index (κ1) is 14.1. The molecule has 4 nitrogen and oxygen atoms in total. The summed E-state index contributed by atoms with van der Waals surface area (Å²) in [5.41, 5.74) is 0. The number of esters is 1. The molecule has 0 aromatic carbocycles. The highest BCUT2D eigenvalue weighted by atomic mass is 16.5. The number of ether oxygens (including phenoxy) is 1. The lowest BCUT2D eigenvalue weighted by Crippen LogP contribution is -2.43. The first-order valence-corrected chi connectivity index (χ1v) is 5.33. The number of hydrogen-bond acceptors (Lipinski definition) is 4. The van der Waals surface area contributed by atoms with E-state index in [0.29, 0.717) is 26.1 Å². The number of aliphatic hydroxyl groups excluding tert-OH is 1. The van der Waals surface area contributed by atoms with Crippen LogP contribution in [0.5, 0.6) is 0 Å². The summed E-state index contributed by atoms with van der Waals surface area (Å²) in [6.07, 6.45) is 2.39. The van der Waals surface area contributed by atoms with Crippen LogP contribution in [-0.4, -0.2) is 48.3 Å². The average molecular weight is 215 g/mol. The minimum Gasteiger partial charge on any atom is -0.465 e. The predicted molar refractivity (Wildman–Crippen MR) is 59.6 cm³/mol. The van der Waals surface area contributed by atoms with Crippen LogP contribution >= 0.6 is 0 Å². The number of carbonyl (C=O) groups is 1. The van der Waals surface area contributed by atoms with E-state index in [9.17, 15) is 4.79 Å². The van der Waals surface area contributed by atoms with Gasteiger partial charge in [-0.25, -0.2) is 0 Å². The molecule has 0 amide bonds. The van der Waals surface area contributed by atoms with Gasteiger partial charge in [0, 0.05) is 13.1 Å². The molecule has 88 valence electrons. The fourth-order valence-electron chi connectivity index (χ4n) is 1.48. The van der Waals surface area contributed by atoms with Crippen LogP contribution in [0.3, 0.4) is 0 Å². The minimum absolute atomic E-state index is 0.0315. The Morgan fingerprint density at radius 3 is 2.67 bits per heavy atom. The number of carbonyl (C=O) groups excluding carboxylic acids is 1. The second kappa shape index (κ2) is 8.44. The highest BCUT2D eigenvalue weighted by Crippen LogP contribution is 2.06. The monoisotopic (exact) mass is 215 g/mol. The van der Waals surface area contributed by atoms with Crippen molar-refractivity contribution in [3.8, 4) is 0 Å². The predicted octanol–water partition coefficient (Wildman–Crippen LogP) is 0.808. The summed E-state index contributed by atoms with van der Waals surface area (Å²) in [7, 11) is 0. The molecule has 4 heteroatoms. The molecule has 0 aliphatic heterocycles. The van der Waals surface area contributed by atoms with Crippen LogP contribution in [0.2, 0.25) is 0 Å². The Bertz CT molecular complexity index is 194. The number of hydrogen-bond donors (Lipinski definition) is 1. The Balaban J connectivity index is 4.41. The zero-order valence-corrected chi connectivity index (χ0v) is 9.61. The first-order valence-electron chi connectivity index (χ1n) is 5.33. The lowest BCUT2D eigenvalue weighted by molar-refractivity contribution is -0.149. The molecule has 1 N–H and O–H groups in total. The normalized spacial score (nSPS) is 12.5. The maximum Gasteiger partial charge on any atom is 0.323 e. The molecule has 0 fully saturated rings. The van der Waals surface area contributed by atoms with Crippen molar-refractivity contribution in [2.24, 2.45) is 0 Å². The van der Waals surface area contributed by atoms with Crippen molar-refractivity contribution in [3.05, 3.63) is 12.7 Å². The van der Waals surface area contributed by atoms with E-state index in [4.69, 9.17) is 9.84 Å². The van der Waals surface area contributed by atoms with Crippen LogP contribution in [0.4, 0.5) is 0 Å². The minimum atomic E-state index is -0.282. The van der Waals surface area contributed by atoms with Gasteiger partial charge in [-0.1, -0.05) is 13.0 Å². The zero-order valence-electron chi connectivity index (χ0n) is 9.61. The molecule has 0 aliphatic carbocycles. The maximum atomic E-state index is 11.6. The highest BCUT2D eigenvalue weighted by molar-refractivity contribution is 5.75. The van der Waals surface area contributed by atoms with E-state index in [-0.39, 0.29) is 18.6 Å². The summed E-state index contributed by atoms with van der Waals surface area (Å²) in [6.45, 7) is 8.80. The van der Waals surface area contributed by atoms with Gasteiger partial charge in [0.15, 0.2) is 0 Å². The molecule has 0 aromatic rings. The number of aliphatic hydroxyl groups is 1. The smallest absolute Gasteiger partial charge is 0.323 e. The quantitative estimate of drug-likeness (QED) is 0.481. The molecule has 0 spiro atoms. The van der Waals surface area contributed by atoms with E-state index in [1.54, 1.807) is 13.0 Å². The average Bonchev–Trinajstić information content (AvgIpc) is 2.20. The Morgan fingerprint density at radius 1 is 1.60 bits per heavy atom. The van der Waals surface area contributed by atoms with Crippen molar-refractivity contribution in [3.63, 3.8) is 0 Å². The molecule has 0 bridgehead atoms. The highest BCUT2D eigenvalue weighted by Gasteiger charge is 2.23. The van der Waals surface area contributed by atoms with Gasteiger partial charge in [-0.05, 0) is 13.3 Å². The second-order valence-electron chi connectivity index (χ2n) is 3.18.